The smallest absolute Gasteiger partial charge is 0.244 e. The molecule has 0 aromatic heterocycles. The minimum Gasteiger partial charge on any atom is -0.350 e. The van der Waals surface area contributed by atoms with Crippen molar-refractivity contribution in [3.8, 4) is 0 Å². The Morgan fingerprint density at radius 3 is 2.21 bits per heavy atom. The number of nitrogens with one attached hydrogen (secondary N) is 1. The van der Waals surface area contributed by atoms with Crippen LogP contribution >= 0.6 is 22.6 Å². The number of amides is 2. The molecule has 9 heteroatoms. The second-order valence-corrected chi connectivity index (χ2v) is 12.6. The number of hydrogen-bond acceptors (Lipinski definition) is 4. The number of anilines is 1. The van der Waals surface area contributed by atoms with Crippen LogP contribution in [0.2, 0.25) is 0 Å². The van der Waals surface area contributed by atoms with E-state index in [4.69, 9.17) is 0 Å². The summed E-state index contributed by atoms with van der Waals surface area (Å²) >= 11 is 2.14. The van der Waals surface area contributed by atoms with Gasteiger partial charge in [0, 0.05) is 15.7 Å². The van der Waals surface area contributed by atoms with Crippen LogP contribution in [0.4, 0.5) is 5.69 Å². The highest BCUT2D eigenvalue weighted by atomic mass is 127. The van der Waals surface area contributed by atoms with Crippen molar-refractivity contribution < 1.29 is 18.0 Å². The number of rotatable bonds is 9. The van der Waals surface area contributed by atoms with E-state index < -0.39 is 34.1 Å². The zero-order valence-electron chi connectivity index (χ0n) is 20.6. The highest BCUT2D eigenvalue weighted by molar-refractivity contribution is 14.1. The lowest BCUT2D eigenvalue weighted by Gasteiger charge is -2.34. The van der Waals surface area contributed by atoms with E-state index in [0.29, 0.717) is 12.1 Å². The summed E-state index contributed by atoms with van der Waals surface area (Å²) in [5.74, 6) is -0.711. The Labute approximate surface area is 217 Å². The summed E-state index contributed by atoms with van der Waals surface area (Å²) in [5.41, 5.74) is 1.84. The summed E-state index contributed by atoms with van der Waals surface area (Å²) < 4.78 is 27.3. The van der Waals surface area contributed by atoms with Gasteiger partial charge in [-0.25, -0.2) is 8.42 Å². The van der Waals surface area contributed by atoms with Crippen molar-refractivity contribution in [1.29, 1.82) is 0 Å². The van der Waals surface area contributed by atoms with Crippen LogP contribution < -0.4 is 9.62 Å². The summed E-state index contributed by atoms with van der Waals surface area (Å²) in [6.07, 6.45) is 1.47. The Kier molecular flexibility index (Phi) is 9.53. The molecule has 7 nitrogen and oxygen atoms in total. The maximum Gasteiger partial charge on any atom is 0.244 e. The molecule has 0 saturated carbocycles. The van der Waals surface area contributed by atoms with Gasteiger partial charge in [-0.3, -0.25) is 13.9 Å². The molecule has 0 spiro atoms. The Morgan fingerprint density at radius 2 is 1.71 bits per heavy atom. The molecule has 0 saturated heterocycles. The van der Waals surface area contributed by atoms with Crippen LogP contribution in [0.15, 0.2) is 48.5 Å². The van der Waals surface area contributed by atoms with E-state index in [0.717, 1.165) is 25.3 Å². The molecule has 1 N–H and O–H groups in total. The number of carbonyl (C=O) groups is 2. The van der Waals surface area contributed by atoms with Gasteiger partial charge in [0.2, 0.25) is 21.8 Å². The van der Waals surface area contributed by atoms with Gasteiger partial charge in [-0.1, -0.05) is 36.8 Å². The molecular weight excluding hydrogens is 565 g/mol. The number of carbonyl (C=O) groups excluding carboxylic acids is 2. The van der Waals surface area contributed by atoms with Crippen LogP contribution in [-0.2, 0) is 26.2 Å². The van der Waals surface area contributed by atoms with E-state index in [2.05, 4.69) is 27.9 Å². The number of halogens is 1. The molecule has 2 aromatic carbocycles. The van der Waals surface area contributed by atoms with Gasteiger partial charge in [-0.15, -0.1) is 0 Å². The van der Waals surface area contributed by atoms with Crippen molar-refractivity contribution in [3.63, 3.8) is 0 Å². The number of nitrogens with zero attached hydrogens (tertiary/aromatic N) is 2. The topological polar surface area (TPSA) is 86.8 Å². The fourth-order valence-electron chi connectivity index (χ4n) is 3.60. The van der Waals surface area contributed by atoms with Gasteiger partial charge in [0.1, 0.15) is 12.6 Å². The lowest BCUT2D eigenvalue weighted by molar-refractivity contribution is -0.141. The van der Waals surface area contributed by atoms with Gasteiger partial charge in [0.05, 0.1) is 11.9 Å². The van der Waals surface area contributed by atoms with Crippen LogP contribution in [0, 0.1) is 10.5 Å². The first-order valence-electron chi connectivity index (χ1n) is 11.1. The average molecular weight is 600 g/mol. The van der Waals surface area contributed by atoms with Crippen LogP contribution in [0.3, 0.4) is 0 Å². The van der Waals surface area contributed by atoms with Crippen LogP contribution in [0.5, 0.6) is 0 Å². The summed E-state index contributed by atoms with van der Waals surface area (Å²) in [6, 6.07) is 13.9. The standard InChI is InChI=1S/C25H34IN3O4S/c1-7-22(24(31)27-25(3,4)5)28(16-19-10-8-9-18(2)15-19)23(30)17-29(34(6,32)33)21-13-11-20(26)12-14-21/h8-15,22H,7,16-17H2,1-6H3,(H,27,31)/t22-/m1/s1. The zero-order valence-corrected chi connectivity index (χ0v) is 23.6. The highest BCUT2D eigenvalue weighted by Gasteiger charge is 2.33. The minimum atomic E-state index is -3.74. The van der Waals surface area contributed by atoms with E-state index in [-0.39, 0.29) is 12.5 Å². The molecule has 0 unspecified atom stereocenters. The van der Waals surface area contributed by atoms with E-state index in [9.17, 15) is 18.0 Å². The monoisotopic (exact) mass is 599 g/mol. The van der Waals surface area contributed by atoms with Crippen molar-refractivity contribution >= 4 is 50.1 Å². The maximum absolute atomic E-state index is 13.6. The zero-order chi connectivity index (χ0) is 25.7. The molecule has 0 heterocycles. The SMILES string of the molecule is CC[C@H](C(=O)NC(C)(C)C)N(Cc1cccc(C)c1)C(=O)CN(c1ccc(I)cc1)S(C)(=O)=O. The number of sulfonamides is 1. The quantitative estimate of drug-likeness (QED) is 0.441. The number of benzene rings is 2. The van der Waals surface area contributed by atoms with Gasteiger partial charge in [0.15, 0.2) is 0 Å². The fraction of sp³-hybridized carbons (Fsp3) is 0.440. The van der Waals surface area contributed by atoms with Gasteiger partial charge in [0.25, 0.3) is 0 Å². The summed E-state index contributed by atoms with van der Waals surface area (Å²) in [7, 11) is -3.74. The van der Waals surface area contributed by atoms with Gasteiger partial charge >= 0.3 is 0 Å². The molecule has 186 valence electrons. The Morgan fingerprint density at radius 1 is 1.09 bits per heavy atom. The van der Waals surface area contributed by atoms with E-state index in [1.807, 2.05) is 58.9 Å². The molecule has 0 aliphatic carbocycles. The third-order valence-electron chi connectivity index (χ3n) is 5.11. The first-order chi connectivity index (χ1) is 15.7. The highest BCUT2D eigenvalue weighted by Crippen LogP contribution is 2.21. The average Bonchev–Trinajstić information content (AvgIpc) is 2.70. The van der Waals surface area contributed by atoms with Gasteiger partial charge in [-0.2, -0.15) is 0 Å². The first kappa shape index (κ1) is 28.1. The van der Waals surface area contributed by atoms with Crippen molar-refractivity contribution in [1.82, 2.24) is 10.2 Å². The molecule has 2 rings (SSSR count). The Hall–Kier alpha value is -2.14. The summed E-state index contributed by atoms with van der Waals surface area (Å²) in [5, 5.41) is 2.96. The Balaban J connectivity index is 2.45. The van der Waals surface area contributed by atoms with Crippen LogP contribution in [0.25, 0.3) is 0 Å². The molecule has 2 aromatic rings. The van der Waals surface area contributed by atoms with Crippen molar-refractivity contribution in [3.05, 3.63) is 63.2 Å². The maximum atomic E-state index is 13.6. The van der Waals surface area contributed by atoms with Crippen molar-refractivity contribution in [2.45, 2.75) is 59.2 Å². The molecular formula is C25H34IN3O4S. The van der Waals surface area contributed by atoms with Crippen molar-refractivity contribution in [2.75, 3.05) is 17.1 Å². The molecule has 0 aliphatic rings. The second kappa shape index (κ2) is 11.5. The van der Waals surface area contributed by atoms with E-state index in [1.165, 1.54) is 4.90 Å². The molecule has 1 atom stereocenters. The summed E-state index contributed by atoms with van der Waals surface area (Å²) in [4.78, 5) is 28.3. The third-order valence-corrected chi connectivity index (χ3v) is 6.97. The Bertz CT molecular complexity index is 1110. The van der Waals surface area contributed by atoms with Crippen LogP contribution in [0.1, 0.15) is 45.2 Å². The summed E-state index contributed by atoms with van der Waals surface area (Å²) in [6.45, 7) is 9.25. The molecule has 0 fully saturated rings. The lowest BCUT2D eigenvalue weighted by atomic mass is 10.0. The predicted molar refractivity (Wildman–Crippen MR) is 145 cm³/mol. The number of aryl methyl sites for hydroxylation is 1. The van der Waals surface area contributed by atoms with Gasteiger partial charge in [-0.05, 0) is 86.5 Å². The van der Waals surface area contributed by atoms with E-state index in [1.54, 1.807) is 24.3 Å². The fourth-order valence-corrected chi connectivity index (χ4v) is 4.81. The normalized spacial score (nSPS) is 12.7. The molecule has 34 heavy (non-hydrogen) atoms. The first-order valence-corrected chi connectivity index (χ1v) is 14.0. The minimum absolute atomic E-state index is 0.195. The largest absolute Gasteiger partial charge is 0.350 e. The predicted octanol–water partition coefficient (Wildman–Crippen LogP) is 4.09. The lowest BCUT2D eigenvalue weighted by Crippen LogP contribution is -2.55. The molecule has 0 aliphatic heterocycles. The molecule has 0 bridgehead atoms. The molecule has 0 radical (unpaired) electrons. The van der Waals surface area contributed by atoms with E-state index >= 15 is 0 Å². The van der Waals surface area contributed by atoms with Crippen LogP contribution in [-0.4, -0.2) is 49.5 Å². The number of hydrogen-bond donors (Lipinski definition) is 1. The molecule has 2 amide bonds. The third kappa shape index (κ3) is 8.26. The van der Waals surface area contributed by atoms with Gasteiger partial charge < -0.3 is 10.2 Å². The second-order valence-electron chi connectivity index (χ2n) is 9.42. The van der Waals surface area contributed by atoms with Crippen molar-refractivity contribution in [2.24, 2.45) is 0 Å².